The molecule has 2 rings (SSSR count). The lowest BCUT2D eigenvalue weighted by Crippen LogP contribution is -2.51. The Hall–Kier alpha value is -0.0800. The number of piperidine rings is 1. The van der Waals surface area contributed by atoms with E-state index in [1.165, 1.54) is 38.8 Å². The standard InChI is InChI=1S/C12H24N2/c1-9-10(2)14(8-6-12(9)13)7-5-11-3-4-11/h9-12H,3-8,13H2,1-2H3. The monoisotopic (exact) mass is 196 g/mol. The van der Waals surface area contributed by atoms with E-state index in [1.807, 2.05) is 0 Å². The number of hydrogen-bond donors (Lipinski definition) is 1. The summed E-state index contributed by atoms with van der Waals surface area (Å²) in [5, 5.41) is 0. The van der Waals surface area contributed by atoms with Crippen molar-refractivity contribution in [3.63, 3.8) is 0 Å². The molecule has 82 valence electrons. The predicted octanol–water partition coefficient (Wildman–Crippen LogP) is 1.84. The molecule has 0 radical (unpaired) electrons. The third-order valence-corrected chi connectivity index (χ3v) is 4.28. The summed E-state index contributed by atoms with van der Waals surface area (Å²) < 4.78 is 0. The Morgan fingerprint density at radius 2 is 1.93 bits per heavy atom. The van der Waals surface area contributed by atoms with Crippen LogP contribution in [0, 0.1) is 11.8 Å². The average molecular weight is 196 g/mol. The van der Waals surface area contributed by atoms with Gasteiger partial charge in [-0.3, -0.25) is 0 Å². The quantitative estimate of drug-likeness (QED) is 0.746. The molecule has 1 saturated carbocycles. The number of likely N-dealkylation sites (tertiary alicyclic amines) is 1. The Morgan fingerprint density at radius 1 is 1.21 bits per heavy atom. The van der Waals surface area contributed by atoms with Crippen molar-refractivity contribution in [1.82, 2.24) is 4.90 Å². The van der Waals surface area contributed by atoms with Crippen LogP contribution in [0.1, 0.15) is 39.5 Å². The second-order valence-electron chi connectivity index (χ2n) is 5.32. The Balaban J connectivity index is 1.79. The molecule has 1 saturated heterocycles. The highest BCUT2D eigenvalue weighted by Gasteiger charge is 2.31. The van der Waals surface area contributed by atoms with E-state index in [0.29, 0.717) is 18.0 Å². The van der Waals surface area contributed by atoms with E-state index in [4.69, 9.17) is 5.73 Å². The minimum atomic E-state index is 0.433. The molecule has 0 aromatic rings. The topological polar surface area (TPSA) is 29.3 Å². The smallest absolute Gasteiger partial charge is 0.0107 e. The summed E-state index contributed by atoms with van der Waals surface area (Å²) in [5.41, 5.74) is 6.07. The minimum absolute atomic E-state index is 0.433. The van der Waals surface area contributed by atoms with Crippen molar-refractivity contribution in [3.05, 3.63) is 0 Å². The summed E-state index contributed by atoms with van der Waals surface area (Å²) in [6.07, 6.45) is 5.58. The lowest BCUT2D eigenvalue weighted by atomic mass is 9.87. The molecule has 0 bridgehead atoms. The second kappa shape index (κ2) is 4.19. The highest BCUT2D eigenvalue weighted by molar-refractivity contribution is 4.87. The Morgan fingerprint density at radius 3 is 2.57 bits per heavy atom. The first-order chi connectivity index (χ1) is 6.68. The van der Waals surface area contributed by atoms with E-state index < -0.39 is 0 Å². The first kappa shape index (κ1) is 10.4. The molecular weight excluding hydrogens is 172 g/mol. The van der Waals surface area contributed by atoms with Crippen LogP contribution in [-0.2, 0) is 0 Å². The van der Waals surface area contributed by atoms with Gasteiger partial charge in [-0.05, 0) is 44.7 Å². The summed E-state index contributed by atoms with van der Waals surface area (Å²) in [6, 6.07) is 1.12. The summed E-state index contributed by atoms with van der Waals surface area (Å²) >= 11 is 0. The highest BCUT2D eigenvalue weighted by atomic mass is 15.2. The SMILES string of the molecule is CC1C(N)CCN(CCC2CC2)C1C. The summed E-state index contributed by atoms with van der Waals surface area (Å²) in [7, 11) is 0. The van der Waals surface area contributed by atoms with Gasteiger partial charge in [0.15, 0.2) is 0 Å². The van der Waals surface area contributed by atoms with Crippen molar-refractivity contribution in [2.24, 2.45) is 17.6 Å². The molecule has 2 heteroatoms. The van der Waals surface area contributed by atoms with Crippen molar-refractivity contribution >= 4 is 0 Å². The van der Waals surface area contributed by atoms with Crippen LogP contribution in [0.5, 0.6) is 0 Å². The molecule has 0 spiro atoms. The third kappa shape index (κ3) is 2.29. The van der Waals surface area contributed by atoms with Crippen molar-refractivity contribution in [2.75, 3.05) is 13.1 Å². The maximum Gasteiger partial charge on any atom is 0.0107 e. The zero-order chi connectivity index (χ0) is 10.1. The molecule has 3 unspecified atom stereocenters. The summed E-state index contributed by atoms with van der Waals surface area (Å²) in [4.78, 5) is 2.65. The Kier molecular flexibility index (Phi) is 3.13. The third-order valence-electron chi connectivity index (χ3n) is 4.28. The molecule has 0 aromatic heterocycles. The molecule has 14 heavy (non-hydrogen) atoms. The van der Waals surface area contributed by atoms with Crippen LogP contribution < -0.4 is 5.73 Å². The van der Waals surface area contributed by atoms with E-state index in [1.54, 1.807) is 0 Å². The van der Waals surface area contributed by atoms with Crippen LogP contribution in [0.15, 0.2) is 0 Å². The first-order valence-electron chi connectivity index (χ1n) is 6.18. The molecule has 2 fully saturated rings. The molecule has 2 aliphatic rings. The van der Waals surface area contributed by atoms with E-state index in [9.17, 15) is 0 Å². The van der Waals surface area contributed by atoms with Crippen LogP contribution in [0.2, 0.25) is 0 Å². The van der Waals surface area contributed by atoms with Gasteiger partial charge in [0.05, 0.1) is 0 Å². The van der Waals surface area contributed by atoms with Gasteiger partial charge >= 0.3 is 0 Å². The van der Waals surface area contributed by atoms with Gasteiger partial charge in [0.25, 0.3) is 0 Å². The van der Waals surface area contributed by atoms with Crippen molar-refractivity contribution in [3.8, 4) is 0 Å². The minimum Gasteiger partial charge on any atom is -0.327 e. The molecule has 0 aromatic carbocycles. The number of nitrogens with two attached hydrogens (primary N) is 1. The zero-order valence-corrected chi connectivity index (χ0v) is 9.58. The van der Waals surface area contributed by atoms with Gasteiger partial charge in [-0.2, -0.15) is 0 Å². The molecule has 2 nitrogen and oxygen atoms in total. The fourth-order valence-electron chi connectivity index (χ4n) is 2.54. The maximum absolute atomic E-state index is 6.07. The van der Waals surface area contributed by atoms with Crippen LogP contribution in [0.3, 0.4) is 0 Å². The second-order valence-corrected chi connectivity index (χ2v) is 5.32. The van der Waals surface area contributed by atoms with Crippen molar-refractivity contribution < 1.29 is 0 Å². The molecular formula is C12H24N2. The van der Waals surface area contributed by atoms with E-state index in [-0.39, 0.29) is 0 Å². The van der Waals surface area contributed by atoms with Crippen LogP contribution >= 0.6 is 0 Å². The fourth-order valence-corrected chi connectivity index (χ4v) is 2.54. The molecule has 1 aliphatic heterocycles. The molecule has 1 aliphatic carbocycles. The average Bonchev–Trinajstić information content (AvgIpc) is 2.97. The molecule has 0 amide bonds. The van der Waals surface area contributed by atoms with Gasteiger partial charge in [-0.25, -0.2) is 0 Å². The van der Waals surface area contributed by atoms with Crippen molar-refractivity contribution in [1.29, 1.82) is 0 Å². The largest absolute Gasteiger partial charge is 0.327 e. The van der Waals surface area contributed by atoms with Crippen molar-refractivity contribution in [2.45, 2.75) is 51.6 Å². The number of nitrogens with zero attached hydrogens (tertiary/aromatic N) is 1. The van der Waals surface area contributed by atoms with Gasteiger partial charge in [-0.15, -0.1) is 0 Å². The van der Waals surface area contributed by atoms with Crippen LogP contribution in [0.25, 0.3) is 0 Å². The zero-order valence-electron chi connectivity index (χ0n) is 9.58. The van der Waals surface area contributed by atoms with Gasteiger partial charge in [-0.1, -0.05) is 19.8 Å². The van der Waals surface area contributed by atoms with Gasteiger partial charge in [0, 0.05) is 12.1 Å². The lowest BCUT2D eigenvalue weighted by molar-refractivity contribution is 0.0953. The molecule has 2 N–H and O–H groups in total. The maximum atomic E-state index is 6.07. The molecule has 3 atom stereocenters. The van der Waals surface area contributed by atoms with E-state index >= 15 is 0 Å². The normalized spacial score (nSPS) is 40.1. The number of rotatable bonds is 3. The van der Waals surface area contributed by atoms with E-state index in [0.717, 1.165) is 5.92 Å². The lowest BCUT2D eigenvalue weighted by Gasteiger charge is -2.41. The summed E-state index contributed by atoms with van der Waals surface area (Å²) in [5.74, 6) is 1.73. The highest BCUT2D eigenvalue weighted by Crippen LogP contribution is 2.33. The Labute approximate surface area is 87.8 Å². The first-order valence-corrected chi connectivity index (χ1v) is 6.18. The van der Waals surface area contributed by atoms with E-state index in [2.05, 4.69) is 18.7 Å². The van der Waals surface area contributed by atoms with Gasteiger partial charge < -0.3 is 10.6 Å². The van der Waals surface area contributed by atoms with Gasteiger partial charge in [0.2, 0.25) is 0 Å². The summed E-state index contributed by atoms with van der Waals surface area (Å²) in [6.45, 7) is 7.18. The fraction of sp³-hybridized carbons (Fsp3) is 1.00. The van der Waals surface area contributed by atoms with Crippen LogP contribution in [0.4, 0.5) is 0 Å². The Bertz CT molecular complexity index is 189. The predicted molar refractivity (Wildman–Crippen MR) is 60.1 cm³/mol. The van der Waals surface area contributed by atoms with Gasteiger partial charge in [0.1, 0.15) is 0 Å². The number of hydrogen-bond acceptors (Lipinski definition) is 2. The molecule has 1 heterocycles. The van der Waals surface area contributed by atoms with Crippen LogP contribution in [-0.4, -0.2) is 30.1 Å².